The Balaban J connectivity index is 2.03. The minimum absolute atomic E-state index is 0.565. The van der Waals surface area contributed by atoms with Crippen molar-refractivity contribution in [2.24, 2.45) is 17.1 Å². The summed E-state index contributed by atoms with van der Waals surface area (Å²) in [5.41, 5.74) is 6.49. The van der Waals surface area contributed by atoms with Crippen LogP contribution in [0.2, 0.25) is 0 Å². The standard InChI is InChI=1S/C8H15N/c1-2-8(5-7(8)9)6-3-4-6/h6-7H,2-5,9H2,1H3. The number of hydrogen-bond acceptors (Lipinski definition) is 1. The van der Waals surface area contributed by atoms with Crippen LogP contribution < -0.4 is 5.73 Å². The largest absolute Gasteiger partial charge is 0.327 e. The van der Waals surface area contributed by atoms with E-state index in [-0.39, 0.29) is 0 Å². The van der Waals surface area contributed by atoms with Crippen LogP contribution in [0, 0.1) is 11.3 Å². The Morgan fingerprint density at radius 1 is 1.56 bits per heavy atom. The predicted octanol–water partition coefficient (Wildman–Crippen LogP) is 1.52. The first-order valence-corrected chi connectivity index (χ1v) is 4.05. The minimum Gasteiger partial charge on any atom is -0.327 e. The highest BCUT2D eigenvalue weighted by Crippen LogP contribution is 2.62. The van der Waals surface area contributed by atoms with Crippen LogP contribution in [0.5, 0.6) is 0 Å². The molecule has 2 aliphatic carbocycles. The van der Waals surface area contributed by atoms with Crippen molar-refractivity contribution >= 4 is 0 Å². The van der Waals surface area contributed by atoms with Crippen molar-refractivity contribution in [3.8, 4) is 0 Å². The Bertz CT molecular complexity index is 125. The number of rotatable bonds is 2. The highest BCUT2D eigenvalue weighted by molar-refractivity contribution is 5.12. The summed E-state index contributed by atoms with van der Waals surface area (Å²) in [5.74, 6) is 1.03. The highest BCUT2D eigenvalue weighted by Gasteiger charge is 2.58. The molecular formula is C8H15N. The molecule has 2 rings (SSSR count). The van der Waals surface area contributed by atoms with E-state index in [2.05, 4.69) is 6.92 Å². The van der Waals surface area contributed by atoms with Crippen LogP contribution in [0.4, 0.5) is 0 Å². The smallest absolute Gasteiger partial charge is 0.0105 e. The molecule has 2 saturated carbocycles. The monoisotopic (exact) mass is 125 g/mol. The van der Waals surface area contributed by atoms with Crippen molar-refractivity contribution in [2.45, 2.75) is 38.6 Å². The van der Waals surface area contributed by atoms with Crippen LogP contribution in [-0.4, -0.2) is 6.04 Å². The van der Waals surface area contributed by atoms with Gasteiger partial charge in [0, 0.05) is 6.04 Å². The van der Waals surface area contributed by atoms with Gasteiger partial charge in [-0.05, 0) is 37.0 Å². The minimum atomic E-state index is 0.565. The van der Waals surface area contributed by atoms with Gasteiger partial charge in [-0.25, -0.2) is 0 Å². The fourth-order valence-electron chi connectivity index (χ4n) is 2.17. The fraction of sp³-hybridized carbons (Fsp3) is 1.00. The van der Waals surface area contributed by atoms with Crippen molar-refractivity contribution < 1.29 is 0 Å². The van der Waals surface area contributed by atoms with E-state index in [1.54, 1.807) is 0 Å². The second-order valence-corrected chi connectivity index (χ2v) is 3.67. The summed E-state index contributed by atoms with van der Waals surface area (Å²) in [6.07, 6.45) is 5.55. The maximum absolute atomic E-state index is 5.85. The Labute approximate surface area is 56.6 Å². The molecule has 0 aromatic heterocycles. The highest BCUT2D eigenvalue weighted by atomic mass is 14.8. The summed E-state index contributed by atoms with van der Waals surface area (Å²) in [4.78, 5) is 0. The topological polar surface area (TPSA) is 26.0 Å². The van der Waals surface area contributed by atoms with E-state index >= 15 is 0 Å². The van der Waals surface area contributed by atoms with E-state index in [9.17, 15) is 0 Å². The van der Waals surface area contributed by atoms with Gasteiger partial charge >= 0.3 is 0 Å². The lowest BCUT2D eigenvalue weighted by atomic mass is 9.96. The molecule has 0 aromatic carbocycles. The molecule has 52 valence electrons. The molecule has 1 nitrogen and oxygen atoms in total. The van der Waals surface area contributed by atoms with Crippen LogP contribution in [0.15, 0.2) is 0 Å². The van der Waals surface area contributed by atoms with Gasteiger partial charge in [0.1, 0.15) is 0 Å². The molecule has 2 unspecified atom stereocenters. The summed E-state index contributed by atoms with van der Waals surface area (Å²) in [6, 6.07) is 0.565. The van der Waals surface area contributed by atoms with Gasteiger partial charge in [0.15, 0.2) is 0 Å². The van der Waals surface area contributed by atoms with Crippen molar-refractivity contribution in [2.75, 3.05) is 0 Å². The third-order valence-electron chi connectivity index (χ3n) is 3.23. The van der Waals surface area contributed by atoms with Crippen molar-refractivity contribution in [3.63, 3.8) is 0 Å². The zero-order valence-electron chi connectivity index (χ0n) is 6.06. The molecule has 1 heteroatoms. The van der Waals surface area contributed by atoms with E-state index in [4.69, 9.17) is 5.73 Å². The van der Waals surface area contributed by atoms with Gasteiger partial charge in [0.25, 0.3) is 0 Å². The SMILES string of the molecule is CCC1(C2CC2)CC1N. The number of hydrogen-bond donors (Lipinski definition) is 1. The molecule has 0 radical (unpaired) electrons. The van der Waals surface area contributed by atoms with E-state index in [0.717, 1.165) is 5.92 Å². The number of nitrogens with two attached hydrogens (primary N) is 1. The van der Waals surface area contributed by atoms with Gasteiger partial charge in [0.2, 0.25) is 0 Å². The van der Waals surface area contributed by atoms with Crippen LogP contribution in [0.3, 0.4) is 0 Å². The van der Waals surface area contributed by atoms with Gasteiger partial charge in [-0.2, -0.15) is 0 Å². The van der Waals surface area contributed by atoms with Gasteiger partial charge in [0.05, 0.1) is 0 Å². The molecule has 0 heterocycles. The zero-order valence-corrected chi connectivity index (χ0v) is 6.06. The Hall–Kier alpha value is -0.0400. The lowest BCUT2D eigenvalue weighted by Crippen LogP contribution is -2.14. The maximum Gasteiger partial charge on any atom is 0.0105 e. The molecule has 0 aromatic rings. The van der Waals surface area contributed by atoms with E-state index in [0.29, 0.717) is 11.5 Å². The summed E-state index contributed by atoms with van der Waals surface area (Å²) in [5, 5.41) is 0. The lowest BCUT2D eigenvalue weighted by Gasteiger charge is -2.10. The molecule has 2 fully saturated rings. The predicted molar refractivity (Wildman–Crippen MR) is 38.0 cm³/mol. The fourth-order valence-corrected chi connectivity index (χ4v) is 2.17. The summed E-state index contributed by atoms with van der Waals surface area (Å²) in [7, 11) is 0. The van der Waals surface area contributed by atoms with Gasteiger partial charge in [-0.1, -0.05) is 6.92 Å². The van der Waals surface area contributed by atoms with Crippen LogP contribution >= 0.6 is 0 Å². The van der Waals surface area contributed by atoms with Crippen molar-refractivity contribution in [3.05, 3.63) is 0 Å². The first kappa shape index (κ1) is 5.72. The summed E-state index contributed by atoms with van der Waals surface area (Å²) >= 11 is 0. The van der Waals surface area contributed by atoms with E-state index < -0.39 is 0 Å². The van der Waals surface area contributed by atoms with Crippen LogP contribution in [0.25, 0.3) is 0 Å². The van der Waals surface area contributed by atoms with Crippen molar-refractivity contribution in [1.82, 2.24) is 0 Å². The summed E-state index contributed by atoms with van der Waals surface area (Å²) in [6.45, 7) is 2.28. The lowest BCUT2D eigenvalue weighted by molar-refractivity contribution is 0.407. The maximum atomic E-state index is 5.85. The molecule has 0 spiro atoms. The molecular weight excluding hydrogens is 110 g/mol. The molecule has 2 N–H and O–H groups in total. The average molecular weight is 125 g/mol. The Morgan fingerprint density at radius 3 is 2.22 bits per heavy atom. The zero-order chi connectivity index (χ0) is 6.48. The summed E-state index contributed by atoms with van der Waals surface area (Å²) < 4.78 is 0. The van der Waals surface area contributed by atoms with Crippen molar-refractivity contribution in [1.29, 1.82) is 0 Å². The second kappa shape index (κ2) is 1.51. The third kappa shape index (κ3) is 0.644. The average Bonchev–Trinajstić information content (AvgIpc) is 2.59. The first-order valence-electron chi connectivity index (χ1n) is 4.05. The van der Waals surface area contributed by atoms with Crippen LogP contribution in [0.1, 0.15) is 32.6 Å². The van der Waals surface area contributed by atoms with E-state index in [1.165, 1.54) is 25.7 Å². The molecule has 2 aliphatic rings. The third-order valence-corrected chi connectivity index (χ3v) is 3.23. The quantitative estimate of drug-likeness (QED) is 0.595. The van der Waals surface area contributed by atoms with Gasteiger partial charge in [-0.15, -0.1) is 0 Å². The first-order chi connectivity index (χ1) is 4.29. The molecule has 9 heavy (non-hydrogen) atoms. The normalized spacial score (nSPS) is 49.3. The molecule has 0 bridgehead atoms. The second-order valence-electron chi connectivity index (χ2n) is 3.67. The molecule has 2 atom stereocenters. The van der Waals surface area contributed by atoms with E-state index in [1.807, 2.05) is 0 Å². The van der Waals surface area contributed by atoms with Crippen LogP contribution in [-0.2, 0) is 0 Å². The Kier molecular flexibility index (Phi) is 0.963. The Morgan fingerprint density at radius 2 is 2.11 bits per heavy atom. The molecule has 0 aliphatic heterocycles. The molecule has 0 saturated heterocycles. The van der Waals surface area contributed by atoms with Gasteiger partial charge < -0.3 is 5.73 Å². The molecule has 0 amide bonds. The van der Waals surface area contributed by atoms with Gasteiger partial charge in [-0.3, -0.25) is 0 Å².